The van der Waals surface area contributed by atoms with Crippen LogP contribution in [-0.2, 0) is 14.8 Å². The van der Waals surface area contributed by atoms with Crippen molar-refractivity contribution in [1.29, 1.82) is 0 Å². The molecule has 9 heteroatoms. The minimum Gasteiger partial charge on any atom is -0.368 e. The lowest BCUT2D eigenvalue weighted by Crippen LogP contribution is -2.39. The number of hydrogen-bond acceptors (Lipinski definition) is 4. The zero-order valence-corrected chi connectivity index (χ0v) is 16.7. The predicted molar refractivity (Wildman–Crippen MR) is 105 cm³/mol. The molecule has 1 saturated carbocycles. The zero-order chi connectivity index (χ0) is 21.2. The molecule has 154 valence electrons. The average molecular weight is 419 g/mol. The van der Waals surface area contributed by atoms with Gasteiger partial charge in [0.25, 0.3) is 5.91 Å². The van der Waals surface area contributed by atoms with Gasteiger partial charge in [0, 0.05) is 19.2 Å². The highest BCUT2D eigenvalue weighted by atomic mass is 32.2. The van der Waals surface area contributed by atoms with E-state index in [0.29, 0.717) is 12.5 Å². The lowest BCUT2D eigenvalue weighted by Gasteiger charge is -2.26. The predicted octanol–water partition coefficient (Wildman–Crippen LogP) is 1.81. The summed E-state index contributed by atoms with van der Waals surface area (Å²) in [7, 11) is -2.40. The molecule has 2 aromatic carbocycles. The minimum atomic E-state index is -3.75. The standard InChI is InChI=1S/C20H22FN3O4S/c1-24(18(19(22)25)14-4-2-6-16(21)10-14)20(26)15-5-3-7-17(11-15)29(27,28)23-12-13-8-9-13/h2-7,10-11,13,18,23H,8-9,12H2,1H3,(H2,22,25). The number of nitrogens with one attached hydrogen (secondary N) is 1. The molecule has 1 fully saturated rings. The van der Waals surface area contributed by atoms with Gasteiger partial charge >= 0.3 is 0 Å². The highest BCUT2D eigenvalue weighted by Gasteiger charge is 2.29. The Balaban J connectivity index is 1.85. The molecule has 0 aliphatic heterocycles. The molecule has 0 aromatic heterocycles. The van der Waals surface area contributed by atoms with E-state index in [1.165, 1.54) is 49.5 Å². The van der Waals surface area contributed by atoms with Crippen molar-refractivity contribution in [2.75, 3.05) is 13.6 Å². The second-order valence-electron chi connectivity index (χ2n) is 7.10. The fourth-order valence-electron chi connectivity index (χ4n) is 3.01. The van der Waals surface area contributed by atoms with Crippen LogP contribution in [-0.4, -0.2) is 38.7 Å². The van der Waals surface area contributed by atoms with Crippen molar-refractivity contribution in [2.45, 2.75) is 23.8 Å². The quantitative estimate of drug-likeness (QED) is 0.680. The molecular weight excluding hydrogens is 397 g/mol. The van der Waals surface area contributed by atoms with Gasteiger partial charge in [0.2, 0.25) is 15.9 Å². The summed E-state index contributed by atoms with van der Waals surface area (Å²) in [6, 6.07) is 9.58. The first-order valence-corrected chi connectivity index (χ1v) is 10.6. The van der Waals surface area contributed by atoms with Crippen LogP contribution in [0.3, 0.4) is 0 Å². The number of nitrogens with zero attached hydrogens (tertiary/aromatic N) is 1. The number of rotatable bonds is 8. The Morgan fingerprint density at radius 2 is 1.90 bits per heavy atom. The Morgan fingerprint density at radius 1 is 1.21 bits per heavy atom. The molecule has 0 spiro atoms. The lowest BCUT2D eigenvalue weighted by atomic mass is 10.0. The maximum Gasteiger partial charge on any atom is 0.254 e. The van der Waals surface area contributed by atoms with E-state index in [2.05, 4.69) is 4.72 Å². The molecule has 3 N–H and O–H groups in total. The largest absolute Gasteiger partial charge is 0.368 e. The monoisotopic (exact) mass is 419 g/mol. The number of primary amides is 1. The summed E-state index contributed by atoms with van der Waals surface area (Å²) in [5.41, 5.74) is 5.75. The average Bonchev–Trinajstić information content (AvgIpc) is 3.50. The number of carbonyl (C=O) groups is 2. The number of benzene rings is 2. The van der Waals surface area contributed by atoms with Gasteiger partial charge < -0.3 is 10.6 Å². The first-order chi connectivity index (χ1) is 13.7. The maximum absolute atomic E-state index is 13.6. The molecule has 0 saturated heterocycles. The summed E-state index contributed by atoms with van der Waals surface area (Å²) >= 11 is 0. The summed E-state index contributed by atoms with van der Waals surface area (Å²) in [6.07, 6.45) is 2.00. The summed E-state index contributed by atoms with van der Waals surface area (Å²) in [6.45, 7) is 0.365. The normalized spacial score (nSPS) is 15.0. The van der Waals surface area contributed by atoms with E-state index >= 15 is 0 Å². The van der Waals surface area contributed by atoms with Crippen molar-refractivity contribution in [1.82, 2.24) is 9.62 Å². The van der Waals surface area contributed by atoms with Gasteiger partial charge in [0.05, 0.1) is 4.90 Å². The number of likely N-dealkylation sites (N-methyl/N-ethyl adjacent to an activating group) is 1. The summed E-state index contributed by atoms with van der Waals surface area (Å²) in [5, 5.41) is 0. The molecule has 7 nitrogen and oxygen atoms in total. The van der Waals surface area contributed by atoms with Crippen LogP contribution < -0.4 is 10.5 Å². The van der Waals surface area contributed by atoms with Gasteiger partial charge in [0.15, 0.2) is 0 Å². The van der Waals surface area contributed by atoms with Gasteiger partial charge in [-0.1, -0.05) is 18.2 Å². The molecule has 0 bridgehead atoms. The number of carbonyl (C=O) groups excluding carboxylic acids is 2. The highest BCUT2D eigenvalue weighted by Crippen LogP contribution is 2.28. The molecule has 0 radical (unpaired) electrons. The van der Waals surface area contributed by atoms with Crippen LogP contribution in [0.4, 0.5) is 4.39 Å². The van der Waals surface area contributed by atoms with Gasteiger partial charge in [-0.15, -0.1) is 0 Å². The summed E-state index contributed by atoms with van der Waals surface area (Å²) in [5.74, 6) is -1.65. The van der Waals surface area contributed by atoms with Crippen LogP contribution >= 0.6 is 0 Å². The topological polar surface area (TPSA) is 110 Å². The highest BCUT2D eigenvalue weighted by molar-refractivity contribution is 7.89. The zero-order valence-electron chi connectivity index (χ0n) is 15.8. The van der Waals surface area contributed by atoms with E-state index in [1.54, 1.807) is 0 Å². The molecule has 29 heavy (non-hydrogen) atoms. The van der Waals surface area contributed by atoms with Crippen molar-refractivity contribution in [2.24, 2.45) is 11.7 Å². The van der Waals surface area contributed by atoms with E-state index in [1.807, 2.05) is 0 Å². The minimum absolute atomic E-state index is 0.0428. The number of halogens is 1. The fourth-order valence-corrected chi connectivity index (χ4v) is 4.17. The molecule has 1 atom stereocenters. The SMILES string of the molecule is CN(C(=O)c1cccc(S(=O)(=O)NCC2CC2)c1)C(C(N)=O)c1cccc(F)c1. The van der Waals surface area contributed by atoms with E-state index in [-0.39, 0.29) is 16.0 Å². The third-order valence-electron chi connectivity index (χ3n) is 4.79. The second kappa shape index (κ2) is 8.30. The van der Waals surface area contributed by atoms with E-state index in [4.69, 9.17) is 5.73 Å². The van der Waals surface area contributed by atoms with Crippen LogP contribution in [0.25, 0.3) is 0 Å². The third-order valence-corrected chi connectivity index (χ3v) is 6.21. The Labute approximate surface area is 168 Å². The van der Waals surface area contributed by atoms with Crippen molar-refractivity contribution < 1.29 is 22.4 Å². The molecule has 1 aliphatic carbocycles. The van der Waals surface area contributed by atoms with Gasteiger partial charge in [-0.25, -0.2) is 17.5 Å². The molecular formula is C20H22FN3O4S. The second-order valence-corrected chi connectivity index (χ2v) is 8.87. The molecule has 1 unspecified atom stereocenters. The molecule has 2 amide bonds. The Kier molecular flexibility index (Phi) is 5.99. The molecule has 1 aliphatic rings. The van der Waals surface area contributed by atoms with Crippen molar-refractivity contribution in [3.05, 3.63) is 65.5 Å². The number of amides is 2. The molecule has 0 heterocycles. The Hall–Kier alpha value is -2.78. The van der Waals surface area contributed by atoms with E-state index < -0.39 is 33.7 Å². The van der Waals surface area contributed by atoms with Crippen LogP contribution in [0.2, 0.25) is 0 Å². The van der Waals surface area contributed by atoms with Crippen LogP contribution in [0.1, 0.15) is 34.8 Å². The molecule has 3 rings (SSSR count). The van der Waals surface area contributed by atoms with Gasteiger partial charge in [0.1, 0.15) is 11.9 Å². The Morgan fingerprint density at radius 3 is 2.52 bits per heavy atom. The van der Waals surface area contributed by atoms with E-state index in [9.17, 15) is 22.4 Å². The lowest BCUT2D eigenvalue weighted by molar-refractivity contribution is -0.122. The van der Waals surface area contributed by atoms with Crippen molar-refractivity contribution in [3.63, 3.8) is 0 Å². The third kappa shape index (κ3) is 4.99. The van der Waals surface area contributed by atoms with Crippen LogP contribution in [0.15, 0.2) is 53.4 Å². The van der Waals surface area contributed by atoms with Gasteiger partial charge in [-0.05, 0) is 54.7 Å². The first kappa shape index (κ1) is 20.9. The van der Waals surface area contributed by atoms with Gasteiger partial charge in [-0.2, -0.15) is 0 Å². The number of hydrogen-bond donors (Lipinski definition) is 2. The van der Waals surface area contributed by atoms with Crippen LogP contribution in [0.5, 0.6) is 0 Å². The van der Waals surface area contributed by atoms with Crippen molar-refractivity contribution >= 4 is 21.8 Å². The first-order valence-electron chi connectivity index (χ1n) is 9.10. The van der Waals surface area contributed by atoms with E-state index in [0.717, 1.165) is 23.8 Å². The number of sulfonamides is 1. The number of nitrogens with two attached hydrogens (primary N) is 1. The van der Waals surface area contributed by atoms with Gasteiger partial charge in [-0.3, -0.25) is 9.59 Å². The molecule has 2 aromatic rings. The summed E-state index contributed by atoms with van der Waals surface area (Å²) in [4.78, 5) is 25.9. The maximum atomic E-state index is 13.6. The summed E-state index contributed by atoms with van der Waals surface area (Å²) < 4.78 is 41.0. The van der Waals surface area contributed by atoms with Crippen LogP contribution in [0, 0.1) is 11.7 Å². The Bertz CT molecular complexity index is 1040. The smallest absolute Gasteiger partial charge is 0.254 e. The van der Waals surface area contributed by atoms with Crippen molar-refractivity contribution in [3.8, 4) is 0 Å². The fraction of sp³-hybridized carbons (Fsp3) is 0.300.